The van der Waals surface area contributed by atoms with Crippen LogP contribution < -0.4 is 0 Å². The van der Waals surface area contributed by atoms with E-state index >= 15 is 0 Å². The fourth-order valence-electron chi connectivity index (χ4n) is 8.86. The molecule has 1 unspecified atom stereocenters. The normalized spacial score (nSPS) is 14.7. The van der Waals surface area contributed by atoms with Crippen LogP contribution in [0.25, 0.3) is 71.7 Å². The molecule has 1 aliphatic rings. The Bertz CT molecular complexity index is 3190. The van der Waals surface area contributed by atoms with Crippen molar-refractivity contribution in [2.24, 2.45) is 9.98 Å². The first-order chi connectivity index (χ1) is 28.7. The highest BCUT2D eigenvalue weighted by atomic mass is 16.3. The molecule has 0 saturated heterocycles. The van der Waals surface area contributed by atoms with Crippen molar-refractivity contribution >= 4 is 55.3 Å². The molecule has 0 fully saturated rings. The van der Waals surface area contributed by atoms with Gasteiger partial charge in [-0.15, -0.1) is 0 Å². The molecule has 8 aromatic carbocycles. The van der Waals surface area contributed by atoms with E-state index in [1.807, 2.05) is 12.1 Å². The molecule has 0 radical (unpaired) electrons. The van der Waals surface area contributed by atoms with Gasteiger partial charge in [-0.2, -0.15) is 0 Å². The molecular weight excluding hydrogens is 707 g/mol. The summed E-state index contributed by atoms with van der Waals surface area (Å²) in [5, 5.41) is 4.69. The van der Waals surface area contributed by atoms with Crippen molar-refractivity contribution in [2.45, 2.75) is 25.3 Å². The van der Waals surface area contributed by atoms with Crippen molar-refractivity contribution in [1.29, 1.82) is 0 Å². The molecule has 0 aliphatic carbocycles. The molecule has 4 nitrogen and oxygen atoms in total. The van der Waals surface area contributed by atoms with E-state index in [9.17, 15) is 0 Å². The smallest absolute Gasteiger partial charge is 0.155 e. The lowest BCUT2D eigenvalue weighted by Gasteiger charge is -2.19. The fraction of sp³-hybridized carbons (Fsp3) is 0.0741. The number of amidine groups is 1. The predicted molar refractivity (Wildman–Crippen MR) is 241 cm³/mol. The Balaban J connectivity index is 1.06. The van der Waals surface area contributed by atoms with Crippen LogP contribution in [0.15, 0.2) is 209 Å². The highest BCUT2D eigenvalue weighted by molar-refractivity contribution is 6.17. The average molecular weight is 746 g/mol. The van der Waals surface area contributed by atoms with Crippen LogP contribution in [0.4, 0.5) is 0 Å². The van der Waals surface area contributed by atoms with Crippen molar-refractivity contribution in [3.63, 3.8) is 0 Å². The molecule has 10 aromatic rings. The average Bonchev–Trinajstić information content (AvgIpc) is 3.83. The lowest BCUT2D eigenvalue weighted by Crippen LogP contribution is -2.12. The van der Waals surface area contributed by atoms with Gasteiger partial charge in [0.2, 0.25) is 0 Å². The van der Waals surface area contributed by atoms with E-state index in [4.69, 9.17) is 14.4 Å². The summed E-state index contributed by atoms with van der Waals surface area (Å²) >= 11 is 0. The molecule has 4 heteroatoms. The van der Waals surface area contributed by atoms with Gasteiger partial charge in [-0.3, -0.25) is 4.99 Å². The van der Waals surface area contributed by atoms with Gasteiger partial charge in [0.15, 0.2) is 5.84 Å². The number of aromatic nitrogens is 1. The molecule has 0 N–H and O–H groups in total. The second kappa shape index (κ2) is 14.3. The summed E-state index contributed by atoms with van der Waals surface area (Å²) in [5.41, 5.74) is 14.2. The number of aliphatic imine (C=N–C) groups is 2. The molecule has 0 amide bonds. The molecule has 0 bridgehead atoms. The highest BCUT2D eigenvalue weighted by Gasteiger charge is 2.21. The Kier molecular flexibility index (Phi) is 8.40. The molecular formula is C54H39N3O. The summed E-state index contributed by atoms with van der Waals surface area (Å²) in [5.74, 6) is 0.782. The minimum absolute atomic E-state index is 0.0658. The van der Waals surface area contributed by atoms with E-state index < -0.39 is 0 Å². The third-order valence-corrected chi connectivity index (χ3v) is 11.6. The minimum Gasteiger partial charge on any atom is -0.456 e. The number of benzene rings is 8. The molecule has 58 heavy (non-hydrogen) atoms. The Labute approximate surface area is 337 Å². The zero-order valence-corrected chi connectivity index (χ0v) is 31.9. The van der Waals surface area contributed by atoms with Gasteiger partial charge in [-0.05, 0) is 107 Å². The number of hydrogen-bond acceptors (Lipinski definition) is 3. The molecule has 1 atom stereocenters. The number of hydrogen-bond donors (Lipinski definition) is 0. The maximum atomic E-state index is 6.64. The van der Waals surface area contributed by atoms with Crippen LogP contribution in [0.2, 0.25) is 0 Å². The van der Waals surface area contributed by atoms with Crippen LogP contribution in [0, 0.1) is 0 Å². The first-order valence-electron chi connectivity index (χ1n) is 20.2. The van der Waals surface area contributed by atoms with E-state index in [1.54, 1.807) is 0 Å². The van der Waals surface area contributed by atoms with Crippen LogP contribution in [0.5, 0.6) is 0 Å². The monoisotopic (exact) mass is 745 g/mol. The Morgan fingerprint density at radius 3 is 2.02 bits per heavy atom. The lowest BCUT2D eigenvalue weighted by atomic mass is 9.92. The van der Waals surface area contributed by atoms with E-state index in [0.717, 1.165) is 91.8 Å². The summed E-state index contributed by atoms with van der Waals surface area (Å²) in [6.45, 7) is 0. The summed E-state index contributed by atoms with van der Waals surface area (Å²) in [4.78, 5) is 10.7. The second-order valence-corrected chi connectivity index (χ2v) is 15.2. The van der Waals surface area contributed by atoms with Crippen molar-refractivity contribution in [2.75, 3.05) is 0 Å². The van der Waals surface area contributed by atoms with Crippen molar-refractivity contribution in [3.8, 4) is 27.9 Å². The van der Waals surface area contributed by atoms with Gasteiger partial charge in [-0.1, -0.05) is 140 Å². The predicted octanol–water partition coefficient (Wildman–Crippen LogP) is 14.2. The third-order valence-electron chi connectivity index (χ3n) is 11.6. The van der Waals surface area contributed by atoms with Crippen molar-refractivity contribution < 1.29 is 4.42 Å². The molecule has 0 saturated carbocycles. The Morgan fingerprint density at radius 2 is 1.17 bits per heavy atom. The maximum Gasteiger partial charge on any atom is 0.155 e. The van der Waals surface area contributed by atoms with Gasteiger partial charge < -0.3 is 8.98 Å². The summed E-state index contributed by atoms with van der Waals surface area (Å²) < 4.78 is 9.01. The minimum atomic E-state index is 0.0658. The van der Waals surface area contributed by atoms with Gasteiger partial charge in [-0.25, -0.2) is 4.99 Å². The molecule has 0 spiro atoms. The first-order valence-corrected chi connectivity index (χ1v) is 20.2. The highest BCUT2D eigenvalue weighted by Crippen LogP contribution is 2.42. The second-order valence-electron chi connectivity index (χ2n) is 15.2. The maximum absolute atomic E-state index is 6.64. The zero-order chi connectivity index (χ0) is 38.4. The molecule has 276 valence electrons. The number of nitrogens with zero attached hydrogens (tertiary/aromatic N) is 3. The standard InChI is InChI=1S/C54H39N3O/c1-4-16-36(17-5-1)47-26-15-27-48(56-54(55-47)37-18-6-2-7-19-37)40-21-14-20-38(32-40)41-34-45(53-44-25-11-13-29-51(44)58-52(53)35-41)39-30-31-50-46(33-39)43-24-10-12-28-49(43)57(50)42-22-8-3-9-23-42/h1-14,16-25,28-35,47H,15,26-27H2. The van der Waals surface area contributed by atoms with E-state index in [0.29, 0.717) is 0 Å². The van der Waals surface area contributed by atoms with E-state index in [2.05, 4.69) is 187 Å². The van der Waals surface area contributed by atoms with Crippen LogP contribution in [0.3, 0.4) is 0 Å². The first kappa shape index (κ1) is 34.0. The van der Waals surface area contributed by atoms with E-state index in [1.165, 1.54) is 27.4 Å². The lowest BCUT2D eigenvalue weighted by molar-refractivity contribution is 0.622. The largest absolute Gasteiger partial charge is 0.456 e. The van der Waals surface area contributed by atoms with Gasteiger partial charge in [0.1, 0.15) is 11.2 Å². The third kappa shape index (κ3) is 6.02. The molecule has 2 aromatic heterocycles. The van der Waals surface area contributed by atoms with Crippen molar-refractivity contribution in [3.05, 3.63) is 211 Å². The topological polar surface area (TPSA) is 42.8 Å². The summed E-state index contributed by atoms with van der Waals surface area (Å²) in [7, 11) is 0. The molecule has 11 rings (SSSR count). The number of para-hydroxylation sites is 3. The zero-order valence-electron chi connectivity index (χ0n) is 31.9. The van der Waals surface area contributed by atoms with E-state index in [-0.39, 0.29) is 6.04 Å². The van der Waals surface area contributed by atoms with Gasteiger partial charge in [0.05, 0.1) is 22.8 Å². The molecule has 3 heterocycles. The number of fused-ring (bicyclic) bond motifs is 6. The van der Waals surface area contributed by atoms with Gasteiger partial charge in [0, 0.05) is 32.8 Å². The van der Waals surface area contributed by atoms with Gasteiger partial charge in [0.25, 0.3) is 0 Å². The Morgan fingerprint density at radius 1 is 0.483 bits per heavy atom. The Hall–Kier alpha value is -7.30. The molecule has 1 aliphatic heterocycles. The SMILES string of the molecule is c1ccc(C2=NC(c3ccccc3)CCCC(c3cccc(-c4cc(-c5ccc6c(c5)c5ccccc5n6-c5ccccc5)c5c(c4)oc4ccccc45)c3)=N2)cc1. The number of furan rings is 1. The number of rotatable bonds is 6. The van der Waals surface area contributed by atoms with Crippen LogP contribution in [0.1, 0.15) is 42.0 Å². The van der Waals surface area contributed by atoms with Gasteiger partial charge >= 0.3 is 0 Å². The van der Waals surface area contributed by atoms with Crippen LogP contribution in [-0.2, 0) is 0 Å². The van der Waals surface area contributed by atoms with Crippen LogP contribution in [-0.4, -0.2) is 16.1 Å². The van der Waals surface area contributed by atoms with Crippen LogP contribution >= 0.6 is 0 Å². The fourth-order valence-corrected chi connectivity index (χ4v) is 8.86. The van der Waals surface area contributed by atoms with Crippen molar-refractivity contribution in [1.82, 2.24) is 4.57 Å². The summed E-state index contributed by atoms with van der Waals surface area (Å²) in [6, 6.07) is 69.1. The summed E-state index contributed by atoms with van der Waals surface area (Å²) in [6.07, 6.45) is 2.81. The quantitative estimate of drug-likeness (QED) is 0.167.